The van der Waals surface area contributed by atoms with E-state index in [2.05, 4.69) is 19.1 Å². The summed E-state index contributed by atoms with van der Waals surface area (Å²) in [6.45, 7) is 2.24. The van der Waals surface area contributed by atoms with Gasteiger partial charge in [-0.15, -0.1) is 0 Å². The first-order valence-corrected chi connectivity index (χ1v) is 9.85. The Labute approximate surface area is 152 Å². The highest BCUT2D eigenvalue weighted by Gasteiger charge is 2.34. The molecule has 1 aliphatic rings. The van der Waals surface area contributed by atoms with Gasteiger partial charge in [-0.3, -0.25) is 4.79 Å². The van der Waals surface area contributed by atoms with E-state index in [0.717, 1.165) is 12.8 Å². The maximum Gasteiger partial charge on any atom is 0.317 e. The Morgan fingerprint density at radius 2 is 1.48 bits per heavy atom. The van der Waals surface area contributed by atoms with Crippen LogP contribution in [-0.2, 0) is 4.79 Å². The summed E-state index contributed by atoms with van der Waals surface area (Å²) in [4.78, 5) is 11.9. The molecule has 0 fully saturated rings. The van der Waals surface area contributed by atoms with Gasteiger partial charge in [0, 0.05) is 5.92 Å². The van der Waals surface area contributed by atoms with Gasteiger partial charge in [-0.05, 0) is 12.0 Å². The third kappa shape index (κ3) is 5.88. The molecule has 0 atom stereocenters. The van der Waals surface area contributed by atoms with Crippen molar-refractivity contribution < 1.29 is 9.90 Å². The second-order valence-corrected chi connectivity index (χ2v) is 7.23. The smallest absolute Gasteiger partial charge is 0.317 e. The standard InChI is InChI=1S/C23H32O2/c1-2-3-4-5-6-7-8-12-17-23(22(24)25)18-15-21(16-19-23)20-13-10-9-11-14-20/h9-11,13-16,18-19,21H,2-8,12,17H2,1H3,(H,24,25). The zero-order valence-electron chi connectivity index (χ0n) is 15.5. The minimum Gasteiger partial charge on any atom is -0.480 e. The van der Waals surface area contributed by atoms with Gasteiger partial charge in [0.1, 0.15) is 5.41 Å². The molecule has 2 nitrogen and oxygen atoms in total. The van der Waals surface area contributed by atoms with Gasteiger partial charge in [-0.1, -0.05) is 113 Å². The van der Waals surface area contributed by atoms with Crippen molar-refractivity contribution in [3.63, 3.8) is 0 Å². The Balaban J connectivity index is 1.81. The van der Waals surface area contributed by atoms with Crippen LogP contribution in [0.2, 0.25) is 0 Å². The maximum atomic E-state index is 11.9. The highest BCUT2D eigenvalue weighted by Crippen LogP contribution is 2.36. The number of rotatable bonds is 11. The van der Waals surface area contributed by atoms with E-state index in [4.69, 9.17) is 0 Å². The molecule has 0 aliphatic heterocycles. The molecule has 0 saturated heterocycles. The van der Waals surface area contributed by atoms with Gasteiger partial charge in [0.05, 0.1) is 0 Å². The summed E-state index contributed by atoms with van der Waals surface area (Å²) in [6, 6.07) is 10.2. The monoisotopic (exact) mass is 340 g/mol. The van der Waals surface area contributed by atoms with Gasteiger partial charge in [0.25, 0.3) is 0 Å². The summed E-state index contributed by atoms with van der Waals surface area (Å²) in [6.07, 6.45) is 18.5. The number of carboxylic acids is 1. The van der Waals surface area contributed by atoms with E-state index in [1.807, 2.05) is 42.5 Å². The summed E-state index contributed by atoms with van der Waals surface area (Å²) in [5.41, 5.74) is 0.397. The SMILES string of the molecule is CCCCCCCCCCC1(C(=O)O)C=CC(c2ccccc2)C=C1. The number of allylic oxidation sites excluding steroid dienone is 2. The summed E-state index contributed by atoms with van der Waals surface area (Å²) in [5, 5.41) is 9.74. The fourth-order valence-electron chi connectivity index (χ4n) is 3.54. The van der Waals surface area contributed by atoms with Crippen molar-refractivity contribution >= 4 is 5.97 Å². The molecule has 1 N–H and O–H groups in total. The van der Waals surface area contributed by atoms with Crippen molar-refractivity contribution in [3.8, 4) is 0 Å². The first-order valence-electron chi connectivity index (χ1n) is 9.85. The van der Waals surface area contributed by atoms with Crippen LogP contribution in [0.15, 0.2) is 54.6 Å². The lowest BCUT2D eigenvalue weighted by atomic mass is 9.76. The normalized spacial score (nSPS) is 22.2. The van der Waals surface area contributed by atoms with E-state index >= 15 is 0 Å². The van der Waals surface area contributed by atoms with E-state index in [1.165, 1.54) is 44.1 Å². The highest BCUT2D eigenvalue weighted by atomic mass is 16.4. The molecule has 0 heterocycles. The topological polar surface area (TPSA) is 37.3 Å². The molecule has 1 aromatic carbocycles. The minimum atomic E-state index is -0.812. The third-order valence-corrected chi connectivity index (χ3v) is 5.23. The zero-order valence-corrected chi connectivity index (χ0v) is 15.5. The molecule has 2 heteroatoms. The molecule has 0 radical (unpaired) electrons. The predicted molar refractivity (Wildman–Crippen MR) is 105 cm³/mol. The molecule has 0 amide bonds. The number of unbranched alkanes of at least 4 members (excludes halogenated alkanes) is 7. The lowest BCUT2D eigenvalue weighted by Crippen LogP contribution is -2.28. The van der Waals surface area contributed by atoms with E-state index in [-0.39, 0.29) is 5.92 Å². The minimum absolute atomic E-state index is 0.187. The summed E-state index contributed by atoms with van der Waals surface area (Å²) >= 11 is 0. The van der Waals surface area contributed by atoms with E-state index in [9.17, 15) is 9.90 Å². The van der Waals surface area contributed by atoms with Crippen LogP contribution >= 0.6 is 0 Å². The molecule has 2 rings (SSSR count). The summed E-state index contributed by atoms with van der Waals surface area (Å²) in [7, 11) is 0. The van der Waals surface area contributed by atoms with Crippen molar-refractivity contribution in [1.82, 2.24) is 0 Å². The molecular weight excluding hydrogens is 308 g/mol. The molecule has 0 saturated carbocycles. The van der Waals surface area contributed by atoms with Crippen LogP contribution in [0.5, 0.6) is 0 Å². The second-order valence-electron chi connectivity index (χ2n) is 7.23. The summed E-state index contributed by atoms with van der Waals surface area (Å²) < 4.78 is 0. The lowest BCUT2D eigenvalue weighted by Gasteiger charge is -2.27. The molecule has 1 aliphatic carbocycles. The van der Waals surface area contributed by atoms with Crippen molar-refractivity contribution in [2.24, 2.45) is 5.41 Å². The van der Waals surface area contributed by atoms with E-state index in [1.54, 1.807) is 0 Å². The molecule has 0 unspecified atom stereocenters. The van der Waals surface area contributed by atoms with Crippen LogP contribution in [-0.4, -0.2) is 11.1 Å². The Kier molecular flexibility index (Phi) is 7.97. The van der Waals surface area contributed by atoms with Crippen LogP contribution < -0.4 is 0 Å². The van der Waals surface area contributed by atoms with Crippen molar-refractivity contribution in [1.29, 1.82) is 0 Å². The largest absolute Gasteiger partial charge is 0.480 e. The van der Waals surface area contributed by atoms with Gasteiger partial charge in [-0.25, -0.2) is 0 Å². The number of hydrogen-bond donors (Lipinski definition) is 1. The average Bonchev–Trinajstić information content (AvgIpc) is 2.65. The predicted octanol–water partition coefficient (Wildman–Crippen LogP) is 6.50. The second kappa shape index (κ2) is 10.2. The zero-order chi connectivity index (χ0) is 18.0. The van der Waals surface area contributed by atoms with Gasteiger partial charge in [-0.2, -0.15) is 0 Å². The first-order chi connectivity index (χ1) is 12.2. The summed E-state index contributed by atoms with van der Waals surface area (Å²) in [5.74, 6) is -0.540. The number of carboxylic acid groups (broad SMARTS) is 1. The fourth-order valence-corrected chi connectivity index (χ4v) is 3.54. The Morgan fingerprint density at radius 1 is 0.920 bits per heavy atom. The number of aliphatic carboxylic acids is 1. The van der Waals surface area contributed by atoms with Gasteiger partial charge in [0.2, 0.25) is 0 Å². The van der Waals surface area contributed by atoms with Crippen LogP contribution in [0, 0.1) is 5.41 Å². The highest BCUT2D eigenvalue weighted by molar-refractivity contribution is 5.80. The Morgan fingerprint density at radius 3 is 2.04 bits per heavy atom. The van der Waals surface area contributed by atoms with E-state index in [0.29, 0.717) is 6.42 Å². The average molecular weight is 341 g/mol. The molecule has 136 valence electrons. The third-order valence-electron chi connectivity index (χ3n) is 5.23. The van der Waals surface area contributed by atoms with Gasteiger partial charge in [0.15, 0.2) is 0 Å². The first kappa shape index (κ1) is 19.5. The molecule has 0 bridgehead atoms. The number of carbonyl (C=O) groups is 1. The van der Waals surface area contributed by atoms with Crippen molar-refractivity contribution in [2.75, 3.05) is 0 Å². The lowest BCUT2D eigenvalue weighted by molar-refractivity contribution is -0.144. The molecule has 0 aromatic heterocycles. The molecule has 0 spiro atoms. The number of hydrogen-bond acceptors (Lipinski definition) is 1. The van der Waals surface area contributed by atoms with Crippen LogP contribution in [0.1, 0.15) is 76.2 Å². The Hall–Kier alpha value is -1.83. The fraction of sp³-hybridized carbons (Fsp3) is 0.522. The van der Waals surface area contributed by atoms with Crippen LogP contribution in [0.25, 0.3) is 0 Å². The van der Waals surface area contributed by atoms with Crippen molar-refractivity contribution in [3.05, 3.63) is 60.2 Å². The Bertz CT molecular complexity index is 557. The van der Waals surface area contributed by atoms with Gasteiger partial charge < -0.3 is 5.11 Å². The maximum absolute atomic E-state index is 11.9. The van der Waals surface area contributed by atoms with Gasteiger partial charge >= 0.3 is 5.97 Å². The number of benzene rings is 1. The van der Waals surface area contributed by atoms with Crippen LogP contribution in [0.4, 0.5) is 0 Å². The molecule has 1 aromatic rings. The van der Waals surface area contributed by atoms with E-state index < -0.39 is 11.4 Å². The van der Waals surface area contributed by atoms with Crippen molar-refractivity contribution in [2.45, 2.75) is 70.6 Å². The molecule has 25 heavy (non-hydrogen) atoms. The quantitative estimate of drug-likeness (QED) is 0.369. The molecular formula is C23H32O2. The van der Waals surface area contributed by atoms with Crippen LogP contribution in [0.3, 0.4) is 0 Å².